The maximum atomic E-state index is 13.2. The van der Waals surface area contributed by atoms with E-state index in [1.807, 2.05) is 48.5 Å². The summed E-state index contributed by atoms with van der Waals surface area (Å²) in [6, 6.07) is 14.5. The van der Waals surface area contributed by atoms with Crippen molar-refractivity contribution < 1.29 is 19.0 Å². The van der Waals surface area contributed by atoms with Crippen LogP contribution in [0.1, 0.15) is 36.9 Å². The highest BCUT2D eigenvalue weighted by Gasteiger charge is 2.41. The largest absolute Gasteiger partial charge is 0.493 e. The van der Waals surface area contributed by atoms with Crippen molar-refractivity contribution in [1.82, 2.24) is 20.2 Å². The first-order valence-electron chi connectivity index (χ1n) is 10.9. The quantitative estimate of drug-likeness (QED) is 0.389. The molecule has 1 aromatic heterocycles. The van der Waals surface area contributed by atoms with Crippen LogP contribution in [0.15, 0.2) is 60.8 Å². The molecule has 3 aromatic rings. The average molecular weight is 450 g/mol. The standard InChI is InChI=1S/C24H27N5O4/c1-4-5-13-32-19-12-11-18(14-20(19)31-3)22-21(16(2)25-24-26-27-28-29(22)24)23(30)33-15-17-9-7-6-8-10-17/h6-12,14,21-22H,2,4-5,13,15H2,1,3H3,(H,25,26,28). The van der Waals surface area contributed by atoms with Crippen molar-refractivity contribution in [3.8, 4) is 11.5 Å². The van der Waals surface area contributed by atoms with Gasteiger partial charge >= 0.3 is 5.97 Å². The molecule has 2 atom stereocenters. The molecule has 2 unspecified atom stereocenters. The molecule has 0 saturated carbocycles. The molecule has 1 N–H and O–H groups in total. The Kier molecular flexibility index (Phi) is 6.87. The zero-order valence-electron chi connectivity index (χ0n) is 18.7. The average Bonchev–Trinajstić information content (AvgIpc) is 3.30. The second kappa shape index (κ2) is 10.2. The third-order valence-corrected chi connectivity index (χ3v) is 5.48. The SMILES string of the molecule is C=C1Nc2nnnn2C(c2ccc(OCCCC)c(OC)c2)C1C(=O)OCc1ccccc1. The van der Waals surface area contributed by atoms with Gasteiger partial charge in [0.15, 0.2) is 11.5 Å². The summed E-state index contributed by atoms with van der Waals surface area (Å²) >= 11 is 0. The number of nitrogens with one attached hydrogen (secondary N) is 1. The predicted molar refractivity (Wildman–Crippen MR) is 122 cm³/mol. The number of carbonyl (C=O) groups excluding carboxylic acids is 1. The van der Waals surface area contributed by atoms with E-state index >= 15 is 0 Å². The van der Waals surface area contributed by atoms with Gasteiger partial charge in [-0.3, -0.25) is 4.79 Å². The number of fused-ring (bicyclic) bond motifs is 1. The van der Waals surface area contributed by atoms with Gasteiger partial charge in [0.05, 0.1) is 13.7 Å². The number of benzene rings is 2. The van der Waals surface area contributed by atoms with E-state index in [9.17, 15) is 4.79 Å². The highest BCUT2D eigenvalue weighted by molar-refractivity contribution is 5.79. The Morgan fingerprint density at radius 1 is 1.18 bits per heavy atom. The number of esters is 1. The normalized spacial score (nSPS) is 17.1. The van der Waals surface area contributed by atoms with Crippen molar-refractivity contribution in [3.05, 3.63) is 71.9 Å². The smallest absolute Gasteiger partial charge is 0.317 e. The third kappa shape index (κ3) is 4.82. The van der Waals surface area contributed by atoms with Crippen molar-refractivity contribution in [2.75, 3.05) is 19.0 Å². The molecule has 9 nitrogen and oxygen atoms in total. The van der Waals surface area contributed by atoms with E-state index in [0.717, 1.165) is 24.0 Å². The lowest BCUT2D eigenvalue weighted by atomic mass is 9.89. The lowest BCUT2D eigenvalue weighted by Gasteiger charge is -2.32. The maximum absolute atomic E-state index is 13.2. The Hall–Kier alpha value is -3.88. The Bertz CT molecular complexity index is 1120. The minimum atomic E-state index is -0.749. The number of hydrogen-bond donors (Lipinski definition) is 1. The molecule has 0 fully saturated rings. The first-order valence-corrected chi connectivity index (χ1v) is 10.9. The highest BCUT2D eigenvalue weighted by atomic mass is 16.5. The zero-order valence-corrected chi connectivity index (χ0v) is 18.7. The molecule has 0 radical (unpaired) electrons. The molecule has 9 heteroatoms. The van der Waals surface area contributed by atoms with Crippen molar-refractivity contribution >= 4 is 11.9 Å². The summed E-state index contributed by atoms with van der Waals surface area (Å²) in [6.45, 7) is 6.92. The summed E-state index contributed by atoms with van der Waals surface area (Å²) in [4.78, 5) is 13.2. The highest BCUT2D eigenvalue weighted by Crippen LogP contribution is 2.40. The van der Waals surface area contributed by atoms with Crippen LogP contribution in [0.25, 0.3) is 0 Å². The van der Waals surface area contributed by atoms with Crippen LogP contribution in [0, 0.1) is 5.92 Å². The van der Waals surface area contributed by atoms with Gasteiger partial charge in [0.2, 0.25) is 5.95 Å². The number of rotatable bonds is 9. The van der Waals surface area contributed by atoms with Gasteiger partial charge in [0, 0.05) is 5.70 Å². The molecule has 2 heterocycles. The topological polar surface area (TPSA) is 100 Å². The molecule has 33 heavy (non-hydrogen) atoms. The number of hydrogen-bond acceptors (Lipinski definition) is 8. The number of tetrazole rings is 1. The van der Waals surface area contributed by atoms with Gasteiger partial charge in [0.1, 0.15) is 18.6 Å². The van der Waals surface area contributed by atoms with Crippen LogP contribution in [-0.4, -0.2) is 39.9 Å². The molecule has 4 rings (SSSR count). The van der Waals surface area contributed by atoms with Crippen molar-refractivity contribution in [2.45, 2.75) is 32.4 Å². The fourth-order valence-corrected chi connectivity index (χ4v) is 3.75. The molecule has 1 aliphatic heterocycles. The van der Waals surface area contributed by atoms with Crippen LogP contribution in [0.3, 0.4) is 0 Å². The van der Waals surface area contributed by atoms with Gasteiger partial charge in [-0.1, -0.05) is 61.4 Å². The second-order valence-electron chi connectivity index (χ2n) is 7.73. The van der Waals surface area contributed by atoms with E-state index in [-0.39, 0.29) is 6.61 Å². The van der Waals surface area contributed by atoms with Crippen LogP contribution in [0.4, 0.5) is 5.95 Å². The van der Waals surface area contributed by atoms with Crippen molar-refractivity contribution in [2.24, 2.45) is 5.92 Å². The van der Waals surface area contributed by atoms with E-state index in [4.69, 9.17) is 14.2 Å². The minimum absolute atomic E-state index is 0.159. The first kappa shape index (κ1) is 22.3. The van der Waals surface area contributed by atoms with Crippen molar-refractivity contribution in [1.29, 1.82) is 0 Å². The number of aromatic nitrogens is 4. The molecule has 0 amide bonds. The number of anilines is 1. The lowest BCUT2D eigenvalue weighted by Crippen LogP contribution is -2.37. The molecule has 2 aromatic carbocycles. The summed E-state index contributed by atoms with van der Waals surface area (Å²) in [5.41, 5.74) is 2.13. The summed E-state index contributed by atoms with van der Waals surface area (Å²) in [7, 11) is 1.58. The van der Waals surface area contributed by atoms with Gasteiger partial charge in [-0.05, 0) is 40.1 Å². The van der Waals surface area contributed by atoms with Gasteiger partial charge in [-0.15, -0.1) is 0 Å². The summed E-state index contributed by atoms with van der Waals surface area (Å²) in [5.74, 6) is 0.437. The van der Waals surface area contributed by atoms with E-state index in [0.29, 0.717) is 29.8 Å². The minimum Gasteiger partial charge on any atom is -0.493 e. The van der Waals surface area contributed by atoms with E-state index in [1.165, 1.54) is 0 Å². The Labute approximate surface area is 192 Å². The molecule has 172 valence electrons. The molecular formula is C24H27N5O4. The maximum Gasteiger partial charge on any atom is 0.317 e. The van der Waals surface area contributed by atoms with Crippen LogP contribution in [0.5, 0.6) is 11.5 Å². The summed E-state index contributed by atoms with van der Waals surface area (Å²) < 4.78 is 18.6. The number of ether oxygens (including phenoxy) is 3. The fraction of sp³-hybridized carbons (Fsp3) is 0.333. The summed E-state index contributed by atoms with van der Waals surface area (Å²) in [5, 5.41) is 14.9. The Balaban J connectivity index is 1.64. The van der Waals surface area contributed by atoms with E-state index < -0.39 is 17.9 Å². The molecule has 0 bridgehead atoms. The van der Waals surface area contributed by atoms with Gasteiger partial charge in [-0.25, -0.2) is 4.68 Å². The van der Waals surface area contributed by atoms with Crippen LogP contribution >= 0.6 is 0 Å². The first-order chi connectivity index (χ1) is 16.1. The van der Waals surface area contributed by atoms with Crippen LogP contribution in [0.2, 0.25) is 0 Å². The monoisotopic (exact) mass is 449 g/mol. The van der Waals surface area contributed by atoms with Gasteiger partial charge in [0.25, 0.3) is 0 Å². The summed E-state index contributed by atoms with van der Waals surface area (Å²) in [6.07, 6.45) is 1.98. The predicted octanol–water partition coefficient (Wildman–Crippen LogP) is 3.75. The molecular weight excluding hydrogens is 422 g/mol. The van der Waals surface area contributed by atoms with E-state index in [2.05, 4.69) is 34.3 Å². The molecule has 0 saturated heterocycles. The fourth-order valence-electron chi connectivity index (χ4n) is 3.75. The number of methoxy groups -OCH3 is 1. The Morgan fingerprint density at radius 3 is 2.76 bits per heavy atom. The molecule has 0 spiro atoms. The van der Waals surface area contributed by atoms with Crippen LogP contribution < -0.4 is 14.8 Å². The Morgan fingerprint density at radius 2 is 2.00 bits per heavy atom. The van der Waals surface area contributed by atoms with Crippen LogP contribution in [-0.2, 0) is 16.1 Å². The second-order valence-corrected chi connectivity index (χ2v) is 7.73. The zero-order chi connectivity index (χ0) is 23.2. The van der Waals surface area contributed by atoms with Crippen molar-refractivity contribution in [3.63, 3.8) is 0 Å². The number of carbonyl (C=O) groups is 1. The lowest BCUT2D eigenvalue weighted by molar-refractivity contribution is -0.149. The van der Waals surface area contributed by atoms with Gasteiger partial charge in [-0.2, -0.15) is 0 Å². The van der Waals surface area contributed by atoms with E-state index in [1.54, 1.807) is 11.8 Å². The van der Waals surface area contributed by atoms with Gasteiger partial charge < -0.3 is 19.5 Å². The third-order valence-electron chi connectivity index (χ3n) is 5.48. The molecule has 1 aliphatic rings. The number of nitrogens with zero attached hydrogens (tertiary/aromatic N) is 4. The number of unbranched alkanes of at least 4 members (excludes halogenated alkanes) is 1. The molecule has 0 aliphatic carbocycles.